The highest BCUT2D eigenvalue weighted by Crippen LogP contribution is 2.31. The molecule has 0 saturated carbocycles. The molecule has 29 heavy (non-hydrogen) atoms. The maximum atomic E-state index is 12.9. The zero-order valence-corrected chi connectivity index (χ0v) is 18.5. The first-order chi connectivity index (χ1) is 13.7. The van der Waals surface area contributed by atoms with E-state index in [1.807, 2.05) is 18.2 Å². The summed E-state index contributed by atoms with van der Waals surface area (Å²) < 4.78 is 32.4. The number of benzene rings is 2. The van der Waals surface area contributed by atoms with Gasteiger partial charge in [-0.3, -0.25) is 4.79 Å². The number of nitrogens with zero attached hydrogens (tertiary/aromatic N) is 2. The van der Waals surface area contributed by atoms with Crippen LogP contribution < -0.4 is 9.64 Å². The molecule has 1 aliphatic heterocycles. The predicted octanol–water partition coefficient (Wildman–Crippen LogP) is 4.07. The van der Waals surface area contributed by atoms with E-state index in [9.17, 15) is 13.2 Å². The van der Waals surface area contributed by atoms with Crippen molar-refractivity contribution < 1.29 is 17.9 Å². The first kappa shape index (κ1) is 21.9. The number of carbonyl (C=O) groups excluding carboxylic acids is 1. The maximum absolute atomic E-state index is 12.9. The Bertz CT molecular complexity index is 1010. The zero-order chi connectivity index (χ0) is 21.2. The van der Waals surface area contributed by atoms with Crippen molar-refractivity contribution in [3.63, 3.8) is 0 Å². The van der Waals surface area contributed by atoms with E-state index in [0.717, 1.165) is 5.69 Å². The highest BCUT2D eigenvalue weighted by atomic mass is 35.5. The topological polar surface area (TPSA) is 66.9 Å². The van der Waals surface area contributed by atoms with Crippen LogP contribution in [0, 0.1) is 5.92 Å². The Kier molecular flexibility index (Phi) is 6.73. The Labute approximate surface area is 181 Å². The lowest BCUT2D eigenvalue weighted by Gasteiger charge is -2.32. The number of rotatable bonds is 5. The fourth-order valence-electron chi connectivity index (χ4n) is 3.38. The molecule has 6 nitrogen and oxygen atoms in total. The van der Waals surface area contributed by atoms with E-state index in [-0.39, 0.29) is 34.8 Å². The number of amides is 1. The molecule has 1 saturated heterocycles. The van der Waals surface area contributed by atoms with Crippen molar-refractivity contribution in [2.75, 3.05) is 32.1 Å². The molecule has 1 heterocycles. The second kappa shape index (κ2) is 8.92. The molecule has 9 heteroatoms. The van der Waals surface area contributed by atoms with Crippen molar-refractivity contribution in [1.82, 2.24) is 4.31 Å². The fraction of sp³-hybridized carbons (Fsp3) is 0.350. The van der Waals surface area contributed by atoms with Crippen molar-refractivity contribution >= 4 is 44.8 Å². The predicted molar refractivity (Wildman–Crippen MR) is 114 cm³/mol. The first-order valence-electron chi connectivity index (χ1n) is 9.11. The second-order valence-corrected chi connectivity index (χ2v) is 9.60. The molecule has 3 rings (SSSR count). The van der Waals surface area contributed by atoms with Gasteiger partial charge in [0.05, 0.1) is 12.1 Å². The third kappa shape index (κ3) is 4.69. The van der Waals surface area contributed by atoms with Gasteiger partial charge in [0.15, 0.2) is 0 Å². The molecule has 0 N–H and O–H groups in total. The highest BCUT2D eigenvalue weighted by Gasteiger charge is 2.34. The number of hydrogen-bond acceptors (Lipinski definition) is 4. The number of piperidine rings is 1. The Morgan fingerprint density at radius 3 is 2.48 bits per heavy atom. The maximum Gasteiger partial charge on any atom is 0.244 e. The van der Waals surface area contributed by atoms with Crippen LogP contribution in [0.2, 0.25) is 10.0 Å². The monoisotopic (exact) mass is 456 g/mol. The molecular formula is C20H22Cl2N2O4S. The van der Waals surface area contributed by atoms with Gasteiger partial charge in [0, 0.05) is 42.8 Å². The van der Waals surface area contributed by atoms with Crippen molar-refractivity contribution in [1.29, 1.82) is 0 Å². The number of anilines is 1. The Balaban J connectivity index is 1.69. The third-order valence-corrected chi connectivity index (χ3v) is 7.70. The van der Waals surface area contributed by atoms with Crippen LogP contribution >= 0.6 is 23.2 Å². The largest absolute Gasteiger partial charge is 0.497 e. The summed E-state index contributed by atoms with van der Waals surface area (Å²) in [5.74, 6) is 0.366. The van der Waals surface area contributed by atoms with Gasteiger partial charge in [0.25, 0.3) is 0 Å². The quantitative estimate of drug-likeness (QED) is 0.679. The number of sulfonamides is 1. The second-order valence-electron chi connectivity index (χ2n) is 6.85. The molecule has 2 aromatic rings. The number of carbonyl (C=O) groups is 1. The van der Waals surface area contributed by atoms with Crippen LogP contribution in [0.25, 0.3) is 0 Å². The minimum Gasteiger partial charge on any atom is -0.497 e. The van der Waals surface area contributed by atoms with Crippen molar-refractivity contribution in [3.05, 3.63) is 52.5 Å². The fourth-order valence-corrected chi connectivity index (χ4v) is 5.58. The molecule has 1 amide bonds. The van der Waals surface area contributed by atoms with E-state index in [4.69, 9.17) is 27.9 Å². The van der Waals surface area contributed by atoms with Gasteiger partial charge < -0.3 is 9.64 Å². The van der Waals surface area contributed by atoms with E-state index in [2.05, 4.69) is 0 Å². The molecule has 1 fully saturated rings. The van der Waals surface area contributed by atoms with Crippen LogP contribution in [-0.2, 0) is 14.8 Å². The van der Waals surface area contributed by atoms with Gasteiger partial charge in [-0.2, -0.15) is 4.31 Å². The molecule has 156 valence electrons. The third-order valence-electron chi connectivity index (χ3n) is 5.09. The van der Waals surface area contributed by atoms with Crippen LogP contribution in [0.3, 0.4) is 0 Å². The number of ether oxygens (including phenoxy) is 1. The number of hydrogen-bond donors (Lipinski definition) is 0. The number of methoxy groups -OCH3 is 1. The molecule has 0 radical (unpaired) electrons. The lowest BCUT2D eigenvalue weighted by atomic mass is 9.96. The first-order valence-corrected chi connectivity index (χ1v) is 11.3. The lowest BCUT2D eigenvalue weighted by molar-refractivity contribution is -0.123. The molecular weight excluding hydrogens is 435 g/mol. The van der Waals surface area contributed by atoms with Crippen LogP contribution in [0.4, 0.5) is 5.69 Å². The van der Waals surface area contributed by atoms with E-state index in [1.165, 1.54) is 16.4 Å². The Hall–Kier alpha value is -1.80. The average molecular weight is 457 g/mol. The van der Waals surface area contributed by atoms with E-state index in [1.54, 1.807) is 31.2 Å². The summed E-state index contributed by atoms with van der Waals surface area (Å²) in [6.45, 7) is 0.487. The van der Waals surface area contributed by atoms with Gasteiger partial charge in [0.1, 0.15) is 10.6 Å². The minimum absolute atomic E-state index is 0.00931. The Morgan fingerprint density at radius 1 is 1.14 bits per heavy atom. The zero-order valence-electron chi connectivity index (χ0n) is 16.1. The van der Waals surface area contributed by atoms with Crippen molar-refractivity contribution in [2.24, 2.45) is 5.92 Å². The molecule has 2 aromatic carbocycles. The van der Waals surface area contributed by atoms with Gasteiger partial charge in [-0.05, 0) is 43.2 Å². The Morgan fingerprint density at radius 2 is 1.83 bits per heavy atom. The van der Waals surface area contributed by atoms with Crippen molar-refractivity contribution in [3.8, 4) is 5.75 Å². The average Bonchev–Trinajstić information content (AvgIpc) is 2.74. The molecule has 0 aromatic heterocycles. The highest BCUT2D eigenvalue weighted by molar-refractivity contribution is 7.89. The molecule has 1 aliphatic rings. The molecule has 0 unspecified atom stereocenters. The summed E-state index contributed by atoms with van der Waals surface area (Å²) in [5.41, 5.74) is 0.732. The van der Waals surface area contributed by atoms with Crippen molar-refractivity contribution in [2.45, 2.75) is 17.7 Å². The molecule has 0 spiro atoms. The van der Waals surface area contributed by atoms with E-state index < -0.39 is 10.0 Å². The summed E-state index contributed by atoms with van der Waals surface area (Å²) in [6.07, 6.45) is 0.870. The smallest absolute Gasteiger partial charge is 0.244 e. The number of halogens is 2. The van der Waals surface area contributed by atoms with Gasteiger partial charge in [-0.1, -0.05) is 29.3 Å². The normalized spacial score (nSPS) is 15.9. The standard InChI is InChI=1S/C20H22Cl2N2O4S/c1-23(16-4-3-5-17(13-16)28-2)20(25)14-8-10-24(11-9-14)29(26,27)19-12-15(21)6-7-18(19)22/h3-7,12-14H,8-11H2,1-2H3. The van der Waals surface area contributed by atoms with Gasteiger partial charge in [0.2, 0.25) is 15.9 Å². The summed E-state index contributed by atoms with van der Waals surface area (Å²) in [5, 5.41) is 0.434. The SMILES string of the molecule is COc1cccc(N(C)C(=O)C2CCN(S(=O)(=O)c3cc(Cl)ccc3Cl)CC2)c1. The summed E-state index contributed by atoms with van der Waals surface area (Å²) >= 11 is 12.0. The summed E-state index contributed by atoms with van der Waals surface area (Å²) in [4.78, 5) is 14.5. The molecule has 0 aliphatic carbocycles. The summed E-state index contributed by atoms with van der Waals surface area (Å²) in [7, 11) is -0.483. The van der Waals surface area contributed by atoms with Crippen LogP contribution in [0.1, 0.15) is 12.8 Å². The lowest BCUT2D eigenvalue weighted by Crippen LogP contribution is -2.43. The van der Waals surface area contributed by atoms with E-state index >= 15 is 0 Å². The van der Waals surface area contributed by atoms with Crippen LogP contribution in [0.5, 0.6) is 5.75 Å². The summed E-state index contributed by atoms with van der Waals surface area (Å²) in [6, 6.07) is 11.6. The van der Waals surface area contributed by atoms with Crippen LogP contribution in [-0.4, -0.2) is 45.9 Å². The van der Waals surface area contributed by atoms with Gasteiger partial charge in [-0.15, -0.1) is 0 Å². The van der Waals surface area contributed by atoms with Gasteiger partial charge in [-0.25, -0.2) is 8.42 Å². The molecule has 0 atom stereocenters. The van der Waals surface area contributed by atoms with Crippen LogP contribution in [0.15, 0.2) is 47.4 Å². The molecule has 0 bridgehead atoms. The van der Waals surface area contributed by atoms with E-state index in [0.29, 0.717) is 23.6 Å². The minimum atomic E-state index is -3.77. The van der Waals surface area contributed by atoms with Gasteiger partial charge >= 0.3 is 0 Å².